The number of benzene rings is 2. The van der Waals surface area contributed by atoms with Gasteiger partial charge in [-0.25, -0.2) is 13.6 Å². The van der Waals surface area contributed by atoms with E-state index in [1.807, 2.05) is 22.0 Å². The number of nitrogens with two attached hydrogens (primary N) is 1. The second kappa shape index (κ2) is 8.35. The van der Waals surface area contributed by atoms with Crippen molar-refractivity contribution in [3.63, 3.8) is 0 Å². The lowest BCUT2D eigenvalue weighted by Gasteiger charge is -2.35. The zero-order valence-electron chi connectivity index (χ0n) is 19.2. The Kier molecular flexibility index (Phi) is 5.26. The van der Waals surface area contributed by atoms with Crippen molar-refractivity contribution in [3.8, 4) is 0 Å². The number of cyclic esters (lactones) is 1. The van der Waals surface area contributed by atoms with Crippen LogP contribution >= 0.6 is 0 Å². The summed E-state index contributed by atoms with van der Waals surface area (Å²) in [6.07, 6.45) is -0.744. The Morgan fingerprint density at radius 1 is 1.11 bits per heavy atom. The summed E-state index contributed by atoms with van der Waals surface area (Å²) in [6.45, 7) is 5.93. The van der Waals surface area contributed by atoms with Gasteiger partial charge in [0, 0.05) is 39.2 Å². The number of carbonyl (C=O) groups is 1. The molecule has 184 valence electrons. The van der Waals surface area contributed by atoms with Crippen molar-refractivity contribution in [2.24, 2.45) is 0 Å². The summed E-state index contributed by atoms with van der Waals surface area (Å²) in [5, 5.41) is 2.02. The molecule has 9 nitrogen and oxygen atoms in total. The molecule has 3 saturated heterocycles. The predicted octanol–water partition coefficient (Wildman–Crippen LogP) is 2.07. The number of aromatic nitrogens is 1. The van der Waals surface area contributed by atoms with Crippen molar-refractivity contribution in [2.45, 2.75) is 18.8 Å². The van der Waals surface area contributed by atoms with Crippen molar-refractivity contribution in [1.29, 1.82) is 0 Å². The van der Waals surface area contributed by atoms with Crippen LogP contribution < -0.4 is 20.0 Å². The van der Waals surface area contributed by atoms with Gasteiger partial charge in [-0.2, -0.15) is 4.98 Å². The van der Waals surface area contributed by atoms with Crippen LogP contribution in [0.25, 0.3) is 11.1 Å². The number of fused-ring (bicyclic) bond motifs is 1. The minimum absolute atomic E-state index is 0.212. The van der Waals surface area contributed by atoms with Gasteiger partial charge in [-0.3, -0.25) is 4.90 Å². The molecule has 0 saturated carbocycles. The fourth-order valence-electron chi connectivity index (χ4n) is 4.55. The van der Waals surface area contributed by atoms with Gasteiger partial charge in [0.1, 0.15) is 30.3 Å². The smallest absolute Gasteiger partial charge is 0.414 e. The predicted molar refractivity (Wildman–Crippen MR) is 124 cm³/mol. The van der Waals surface area contributed by atoms with Crippen LogP contribution in [0.5, 0.6) is 0 Å². The zero-order chi connectivity index (χ0) is 24.2. The third-order valence-corrected chi connectivity index (χ3v) is 6.76. The largest absolute Gasteiger partial charge is 0.438 e. The minimum Gasteiger partial charge on any atom is -0.438 e. The highest BCUT2D eigenvalue weighted by atomic mass is 19.1. The van der Waals surface area contributed by atoms with Gasteiger partial charge >= 0.3 is 6.09 Å². The normalized spacial score (nSPS) is 24.4. The number of halogens is 2. The molecular weight excluding hydrogens is 460 g/mol. The van der Waals surface area contributed by atoms with Crippen molar-refractivity contribution in [2.75, 3.05) is 60.6 Å². The number of anilines is 3. The lowest BCUT2D eigenvalue weighted by atomic mass is 10.2. The first-order valence-corrected chi connectivity index (χ1v) is 11.7. The lowest BCUT2D eigenvalue weighted by Crippen LogP contribution is -2.93. The van der Waals surface area contributed by atoms with Crippen LogP contribution in [-0.2, 0) is 9.47 Å². The number of rotatable bonds is 6. The Balaban J connectivity index is 1.09. The number of quaternary nitrogens is 1. The number of ether oxygens (including phenoxy) is 2. The first-order valence-electron chi connectivity index (χ1n) is 11.7. The molecule has 2 aromatic carbocycles. The Morgan fingerprint density at radius 3 is 2.63 bits per heavy atom. The van der Waals surface area contributed by atoms with E-state index in [1.165, 1.54) is 23.1 Å². The van der Waals surface area contributed by atoms with Crippen LogP contribution in [-0.4, -0.2) is 68.8 Å². The third kappa shape index (κ3) is 4.37. The molecular formula is C24H26F2N5O4+. The summed E-state index contributed by atoms with van der Waals surface area (Å²) >= 11 is 0. The first kappa shape index (κ1) is 22.1. The molecule has 2 unspecified atom stereocenters. The number of piperazine rings is 1. The van der Waals surface area contributed by atoms with Gasteiger partial charge in [0.2, 0.25) is 5.72 Å². The average molecular weight is 486 g/mol. The maximum absolute atomic E-state index is 15.1. The molecule has 11 heteroatoms. The highest BCUT2D eigenvalue weighted by Crippen LogP contribution is 2.30. The van der Waals surface area contributed by atoms with E-state index in [-0.39, 0.29) is 17.6 Å². The molecule has 0 radical (unpaired) electrons. The summed E-state index contributed by atoms with van der Waals surface area (Å²) in [7, 11) is 0. The Labute approximate surface area is 200 Å². The molecule has 35 heavy (non-hydrogen) atoms. The molecule has 1 amide bonds. The zero-order valence-corrected chi connectivity index (χ0v) is 19.2. The van der Waals surface area contributed by atoms with Crippen LogP contribution in [0.1, 0.15) is 6.92 Å². The lowest BCUT2D eigenvalue weighted by molar-refractivity contribution is -0.721. The molecule has 3 aliphatic heterocycles. The Hall–Kier alpha value is -3.44. The maximum Gasteiger partial charge on any atom is 0.414 e. The second-order valence-corrected chi connectivity index (χ2v) is 9.38. The van der Waals surface area contributed by atoms with Gasteiger partial charge in [-0.05, 0) is 30.3 Å². The monoisotopic (exact) mass is 486 g/mol. The van der Waals surface area contributed by atoms with E-state index in [4.69, 9.17) is 13.9 Å². The van der Waals surface area contributed by atoms with E-state index in [2.05, 4.69) is 4.98 Å². The molecule has 0 bridgehead atoms. The minimum atomic E-state index is -0.468. The molecule has 3 aliphatic rings. The SMILES string of the molecule is CC1([NH2+]CC2CN(c3ccc(N4CCN(c5nc6cc(F)ccc6o5)CC4)c(F)c3)C(=O)O2)CO1. The van der Waals surface area contributed by atoms with Crippen LogP contribution in [0.4, 0.5) is 31.0 Å². The molecule has 0 spiro atoms. The van der Waals surface area contributed by atoms with Crippen LogP contribution in [0, 0.1) is 11.6 Å². The number of epoxide rings is 1. The summed E-state index contributed by atoms with van der Waals surface area (Å²) in [4.78, 5) is 22.1. The van der Waals surface area contributed by atoms with E-state index >= 15 is 4.39 Å². The first-order chi connectivity index (χ1) is 16.9. The Morgan fingerprint density at radius 2 is 1.89 bits per heavy atom. The number of nitrogens with zero attached hydrogens (tertiary/aromatic N) is 4. The standard InChI is InChI=1S/C24H25F2N5O4/c1-24(14-33-24)27-12-17-13-31(23(32)34-17)16-3-4-20(18(26)11-16)29-6-8-30(9-7-29)22-28-19-10-15(25)2-5-21(19)35-22/h2-5,10-11,17,27H,6-9,12-14H2,1H3/p+1. The number of hydrogen-bond acceptors (Lipinski definition) is 7. The van der Waals surface area contributed by atoms with Crippen LogP contribution in [0.15, 0.2) is 40.8 Å². The molecule has 3 aromatic rings. The number of amides is 1. The fraction of sp³-hybridized carbons (Fsp3) is 0.417. The number of oxazole rings is 1. The molecule has 2 atom stereocenters. The molecule has 4 heterocycles. The maximum atomic E-state index is 15.1. The topological polar surface area (TPSA) is 91.2 Å². The quantitative estimate of drug-likeness (QED) is 0.534. The third-order valence-electron chi connectivity index (χ3n) is 6.76. The van der Waals surface area contributed by atoms with E-state index < -0.39 is 11.9 Å². The van der Waals surface area contributed by atoms with Crippen LogP contribution in [0.2, 0.25) is 0 Å². The number of carbonyl (C=O) groups excluding carboxylic acids is 1. The molecule has 1 aromatic heterocycles. The molecule has 6 rings (SSSR count). The van der Waals surface area contributed by atoms with E-state index in [0.717, 1.165) is 0 Å². The number of hydrogen-bond donors (Lipinski definition) is 1. The fourth-order valence-corrected chi connectivity index (χ4v) is 4.55. The summed E-state index contributed by atoms with van der Waals surface area (Å²) < 4.78 is 45.1. The summed E-state index contributed by atoms with van der Waals surface area (Å²) in [6, 6.07) is 9.51. The van der Waals surface area contributed by atoms with Crippen molar-refractivity contribution >= 4 is 34.6 Å². The summed E-state index contributed by atoms with van der Waals surface area (Å²) in [5.74, 6) is -0.755. The highest BCUT2D eigenvalue weighted by molar-refractivity contribution is 5.90. The van der Waals surface area contributed by atoms with Gasteiger partial charge in [0.25, 0.3) is 6.01 Å². The highest BCUT2D eigenvalue weighted by Gasteiger charge is 2.45. The van der Waals surface area contributed by atoms with Crippen LogP contribution in [0.3, 0.4) is 0 Å². The van der Waals surface area contributed by atoms with Gasteiger partial charge in [-0.15, -0.1) is 0 Å². The van der Waals surface area contributed by atoms with Crippen molar-refractivity contribution in [1.82, 2.24) is 4.98 Å². The average Bonchev–Trinajstić information content (AvgIpc) is 3.25. The Bertz CT molecular complexity index is 1270. The summed E-state index contributed by atoms with van der Waals surface area (Å²) in [5.41, 5.74) is 1.74. The second-order valence-electron chi connectivity index (χ2n) is 9.38. The molecule has 0 aliphatic carbocycles. The van der Waals surface area contributed by atoms with Crippen molar-refractivity contribution in [3.05, 3.63) is 48.0 Å². The van der Waals surface area contributed by atoms with Gasteiger partial charge in [0.15, 0.2) is 11.7 Å². The van der Waals surface area contributed by atoms with E-state index in [1.54, 1.807) is 18.2 Å². The molecule has 2 N–H and O–H groups in total. The van der Waals surface area contributed by atoms with Gasteiger partial charge < -0.3 is 29.0 Å². The van der Waals surface area contributed by atoms with Gasteiger partial charge in [0.05, 0.1) is 17.9 Å². The van der Waals surface area contributed by atoms with Crippen molar-refractivity contribution < 1.29 is 32.8 Å². The van der Waals surface area contributed by atoms with E-state index in [9.17, 15) is 9.18 Å². The van der Waals surface area contributed by atoms with E-state index in [0.29, 0.717) is 74.4 Å². The molecule has 3 fully saturated rings. The van der Waals surface area contributed by atoms with Gasteiger partial charge in [-0.1, -0.05) is 0 Å².